The van der Waals surface area contributed by atoms with E-state index in [9.17, 15) is 9.59 Å². The number of hydrogen-bond donors (Lipinski definition) is 2. The maximum Gasteiger partial charge on any atom is 0.335 e. The van der Waals surface area contributed by atoms with Crippen LogP contribution in [0, 0.1) is 0 Å². The van der Waals surface area contributed by atoms with Crippen LogP contribution in [-0.4, -0.2) is 22.2 Å². The summed E-state index contributed by atoms with van der Waals surface area (Å²) in [6.07, 6.45) is 3.28. The SMILES string of the molecule is C=CC=C.O=C(O)c1ccc(C(=O)O)cc1. The highest BCUT2D eigenvalue weighted by molar-refractivity contribution is 5.91. The molecule has 0 spiro atoms. The number of hydrogen-bond acceptors (Lipinski definition) is 2. The second-order valence-corrected chi connectivity index (χ2v) is 2.66. The van der Waals surface area contributed by atoms with Crippen LogP contribution >= 0.6 is 0 Å². The maximum atomic E-state index is 10.3. The van der Waals surface area contributed by atoms with Gasteiger partial charge in [-0.3, -0.25) is 0 Å². The largest absolute Gasteiger partial charge is 0.478 e. The van der Waals surface area contributed by atoms with Gasteiger partial charge < -0.3 is 10.2 Å². The fourth-order valence-electron chi connectivity index (χ4n) is 0.755. The molecule has 16 heavy (non-hydrogen) atoms. The Hall–Kier alpha value is -2.36. The normalized spacial score (nSPS) is 8.25. The minimum atomic E-state index is -1.06. The Morgan fingerprint density at radius 1 is 0.875 bits per heavy atom. The van der Waals surface area contributed by atoms with Crippen molar-refractivity contribution >= 4 is 11.9 Å². The van der Waals surface area contributed by atoms with E-state index in [-0.39, 0.29) is 11.1 Å². The van der Waals surface area contributed by atoms with Crippen molar-refractivity contribution in [3.63, 3.8) is 0 Å². The third-order valence-electron chi connectivity index (χ3n) is 1.55. The van der Waals surface area contributed by atoms with E-state index in [2.05, 4.69) is 13.2 Å². The molecule has 1 aromatic carbocycles. The van der Waals surface area contributed by atoms with E-state index >= 15 is 0 Å². The van der Waals surface area contributed by atoms with Gasteiger partial charge in [-0.25, -0.2) is 9.59 Å². The van der Waals surface area contributed by atoms with Crippen LogP contribution in [0.5, 0.6) is 0 Å². The molecule has 0 saturated carbocycles. The molecule has 0 bridgehead atoms. The van der Waals surface area contributed by atoms with Crippen molar-refractivity contribution in [2.75, 3.05) is 0 Å². The third-order valence-corrected chi connectivity index (χ3v) is 1.55. The molecule has 4 heteroatoms. The number of rotatable bonds is 3. The molecule has 0 aliphatic heterocycles. The summed E-state index contributed by atoms with van der Waals surface area (Å²) in [6.45, 7) is 6.72. The van der Waals surface area contributed by atoms with Crippen molar-refractivity contribution in [2.24, 2.45) is 0 Å². The van der Waals surface area contributed by atoms with Crippen LogP contribution in [0.1, 0.15) is 20.7 Å². The Kier molecular flexibility index (Phi) is 5.97. The highest BCUT2D eigenvalue weighted by Crippen LogP contribution is 2.03. The number of carboxylic acid groups (broad SMARTS) is 2. The van der Waals surface area contributed by atoms with Gasteiger partial charge in [-0.15, -0.1) is 0 Å². The van der Waals surface area contributed by atoms with E-state index in [1.54, 1.807) is 12.2 Å². The molecule has 0 aliphatic carbocycles. The fourth-order valence-corrected chi connectivity index (χ4v) is 0.755. The summed E-state index contributed by atoms with van der Waals surface area (Å²) in [5.74, 6) is -2.13. The molecule has 0 aliphatic rings. The van der Waals surface area contributed by atoms with Crippen LogP contribution in [0.2, 0.25) is 0 Å². The van der Waals surface area contributed by atoms with Crippen molar-refractivity contribution < 1.29 is 19.8 Å². The second kappa shape index (κ2) is 7.00. The zero-order valence-electron chi connectivity index (χ0n) is 8.59. The molecule has 0 atom stereocenters. The molecule has 84 valence electrons. The summed E-state index contributed by atoms with van der Waals surface area (Å²) in [6, 6.07) is 5.02. The summed E-state index contributed by atoms with van der Waals surface area (Å²) >= 11 is 0. The Morgan fingerprint density at radius 2 is 1.12 bits per heavy atom. The minimum absolute atomic E-state index is 0.0833. The lowest BCUT2D eigenvalue weighted by atomic mass is 10.1. The monoisotopic (exact) mass is 220 g/mol. The van der Waals surface area contributed by atoms with E-state index in [4.69, 9.17) is 10.2 Å². The van der Waals surface area contributed by atoms with E-state index < -0.39 is 11.9 Å². The van der Waals surface area contributed by atoms with Crippen LogP contribution in [0.25, 0.3) is 0 Å². The molecule has 0 radical (unpaired) electrons. The Labute approximate surface area is 93.2 Å². The van der Waals surface area contributed by atoms with Gasteiger partial charge in [-0.1, -0.05) is 25.3 Å². The number of carbonyl (C=O) groups is 2. The molecule has 1 aromatic rings. The van der Waals surface area contributed by atoms with Crippen LogP contribution in [0.4, 0.5) is 0 Å². The third kappa shape index (κ3) is 4.76. The van der Waals surface area contributed by atoms with Crippen LogP contribution in [0.15, 0.2) is 49.6 Å². The van der Waals surface area contributed by atoms with Crippen molar-refractivity contribution in [3.8, 4) is 0 Å². The molecular formula is C12H12O4. The Morgan fingerprint density at radius 3 is 1.25 bits per heavy atom. The van der Waals surface area contributed by atoms with E-state index in [1.165, 1.54) is 24.3 Å². The summed E-state index contributed by atoms with van der Waals surface area (Å²) in [4.78, 5) is 20.7. The van der Waals surface area contributed by atoms with Gasteiger partial charge in [0.1, 0.15) is 0 Å². The Bertz CT molecular complexity index is 351. The highest BCUT2D eigenvalue weighted by atomic mass is 16.4. The number of aromatic carboxylic acids is 2. The molecule has 0 fully saturated rings. The summed E-state index contributed by atoms with van der Waals surface area (Å²) in [7, 11) is 0. The summed E-state index contributed by atoms with van der Waals surface area (Å²) in [5.41, 5.74) is 0.167. The second-order valence-electron chi connectivity index (χ2n) is 2.66. The smallest absolute Gasteiger partial charge is 0.335 e. The fraction of sp³-hybridized carbons (Fsp3) is 0. The first-order valence-electron chi connectivity index (χ1n) is 4.33. The standard InChI is InChI=1S/C8H6O4.C4H6/c9-7(10)5-1-2-6(4-3-5)8(11)12;1-3-4-2/h1-4H,(H,9,10)(H,11,12);3-4H,1-2H2. The first-order valence-corrected chi connectivity index (χ1v) is 4.33. The van der Waals surface area contributed by atoms with Gasteiger partial charge in [0.2, 0.25) is 0 Å². The molecule has 1 rings (SSSR count). The Balaban J connectivity index is 0.000000487. The van der Waals surface area contributed by atoms with Crippen LogP contribution < -0.4 is 0 Å². The van der Waals surface area contributed by atoms with Crippen LogP contribution in [-0.2, 0) is 0 Å². The molecule has 0 aromatic heterocycles. The van der Waals surface area contributed by atoms with E-state index in [1.807, 2.05) is 0 Å². The van der Waals surface area contributed by atoms with Crippen molar-refractivity contribution in [3.05, 3.63) is 60.7 Å². The molecule has 4 nitrogen and oxygen atoms in total. The molecule has 2 N–H and O–H groups in total. The lowest BCUT2D eigenvalue weighted by Gasteiger charge is -1.94. The average molecular weight is 220 g/mol. The molecular weight excluding hydrogens is 208 g/mol. The topological polar surface area (TPSA) is 74.6 Å². The van der Waals surface area contributed by atoms with Gasteiger partial charge in [-0.2, -0.15) is 0 Å². The van der Waals surface area contributed by atoms with Crippen molar-refractivity contribution in [1.82, 2.24) is 0 Å². The number of allylic oxidation sites excluding steroid dienone is 2. The molecule has 0 unspecified atom stereocenters. The predicted molar refractivity (Wildman–Crippen MR) is 60.8 cm³/mol. The van der Waals surface area contributed by atoms with E-state index in [0.717, 1.165) is 0 Å². The minimum Gasteiger partial charge on any atom is -0.478 e. The van der Waals surface area contributed by atoms with Crippen molar-refractivity contribution in [1.29, 1.82) is 0 Å². The molecule has 0 amide bonds. The van der Waals surface area contributed by atoms with E-state index in [0.29, 0.717) is 0 Å². The van der Waals surface area contributed by atoms with Gasteiger partial charge in [0.25, 0.3) is 0 Å². The number of benzene rings is 1. The summed E-state index contributed by atoms with van der Waals surface area (Å²) < 4.78 is 0. The molecule has 0 heterocycles. The first-order chi connectivity index (χ1) is 7.52. The quantitative estimate of drug-likeness (QED) is 0.767. The van der Waals surface area contributed by atoms with Crippen LogP contribution in [0.3, 0.4) is 0 Å². The maximum absolute atomic E-state index is 10.3. The van der Waals surface area contributed by atoms with Gasteiger partial charge in [0.05, 0.1) is 11.1 Å². The lowest BCUT2D eigenvalue weighted by molar-refractivity contribution is 0.0681. The highest BCUT2D eigenvalue weighted by Gasteiger charge is 2.04. The zero-order chi connectivity index (χ0) is 12.6. The van der Waals surface area contributed by atoms with Gasteiger partial charge in [-0.05, 0) is 24.3 Å². The molecule has 0 saturated heterocycles. The first kappa shape index (κ1) is 13.6. The van der Waals surface area contributed by atoms with Gasteiger partial charge in [0, 0.05) is 0 Å². The van der Waals surface area contributed by atoms with Gasteiger partial charge >= 0.3 is 11.9 Å². The lowest BCUT2D eigenvalue weighted by Crippen LogP contribution is -1.99. The predicted octanol–water partition coefficient (Wildman–Crippen LogP) is 2.44. The van der Waals surface area contributed by atoms with Gasteiger partial charge in [0.15, 0.2) is 0 Å². The average Bonchev–Trinajstić information content (AvgIpc) is 2.29. The summed E-state index contributed by atoms with van der Waals surface area (Å²) in [5, 5.41) is 16.9. The zero-order valence-corrected chi connectivity index (χ0v) is 8.59. The van der Waals surface area contributed by atoms with Crippen molar-refractivity contribution in [2.45, 2.75) is 0 Å². The number of carboxylic acids is 2.